The van der Waals surface area contributed by atoms with Gasteiger partial charge in [-0.1, -0.05) is 11.0 Å². The van der Waals surface area contributed by atoms with Crippen LogP contribution in [0.3, 0.4) is 0 Å². The molecule has 0 aromatic rings. The number of nitrogens with one attached hydrogen (secondary N) is 8. The second kappa shape index (κ2) is 23.0. The molecule has 2 atom stereocenters. The van der Waals surface area contributed by atoms with E-state index in [9.17, 15) is 43.2 Å². The number of ether oxygens (including phenoxy) is 3. The van der Waals surface area contributed by atoms with Crippen LogP contribution in [-0.2, 0) is 52.6 Å². The number of amides is 8. The zero-order valence-electron chi connectivity index (χ0n) is 40.0. The standard InChI is InChI=1S/C41H69N11O12/c1-18-22-63-23-25(27(54)47-41(15,16)33(60)62-17)45-29(56)37(7,8)48-30(57)38(9,10)46-26(53)24(20-19-21-43-52-42)44-28(55)36(5,6)49-31(58)39(11,12)50-32(59)40(13,14)51-34(61)64-35(2,3)4/h1,24-25H,19-23H2,2-17H3,(H,44,55)(H,45,56)(H,46,53)(H,47,54)(H,48,57)(H,49,58)(H,50,59)(H,51,61)/t24-,25-/m0/s1. The van der Waals surface area contributed by atoms with E-state index in [1.165, 1.54) is 83.1 Å². The zero-order valence-corrected chi connectivity index (χ0v) is 40.0. The lowest BCUT2D eigenvalue weighted by molar-refractivity contribution is -0.150. The van der Waals surface area contributed by atoms with Crippen molar-refractivity contribution in [3.63, 3.8) is 0 Å². The molecule has 23 heteroatoms. The summed E-state index contributed by atoms with van der Waals surface area (Å²) >= 11 is 0. The Hall–Kier alpha value is -6.14. The van der Waals surface area contributed by atoms with Crippen molar-refractivity contribution >= 4 is 53.4 Å². The van der Waals surface area contributed by atoms with Crippen molar-refractivity contribution in [2.45, 2.75) is 168 Å². The minimum atomic E-state index is -1.75. The fraction of sp³-hybridized carbons (Fsp3) is 0.732. The van der Waals surface area contributed by atoms with Crippen LogP contribution in [0.1, 0.15) is 117 Å². The third-order valence-corrected chi connectivity index (χ3v) is 9.02. The second-order valence-corrected chi connectivity index (χ2v) is 19.1. The molecule has 0 unspecified atom stereocenters. The summed E-state index contributed by atoms with van der Waals surface area (Å²) in [4.78, 5) is 122. The minimum absolute atomic E-state index is 0.0521. The van der Waals surface area contributed by atoms with Crippen LogP contribution in [0.4, 0.5) is 4.79 Å². The number of carbonyl (C=O) groups excluding carboxylic acids is 9. The minimum Gasteiger partial charge on any atom is -0.467 e. The highest BCUT2D eigenvalue weighted by Gasteiger charge is 2.43. The first-order chi connectivity index (χ1) is 28.9. The van der Waals surface area contributed by atoms with Gasteiger partial charge in [0.2, 0.25) is 41.4 Å². The predicted octanol–water partition coefficient (Wildman–Crippen LogP) is 0.647. The van der Waals surface area contributed by atoms with E-state index in [-0.39, 0.29) is 26.0 Å². The van der Waals surface area contributed by atoms with E-state index in [2.05, 4.69) is 58.5 Å². The number of hydrogen-bond acceptors (Lipinski definition) is 13. The molecule has 8 N–H and O–H groups in total. The van der Waals surface area contributed by atoms with Gasteiger partial charge >= 0.3 is 12.1 Å². The average molecular weight is 908 g/mol. The summed E-state index contributed by atoms with van der Waals surface area (Å²) in [5.74, 6) is -4.33. The van der Waals surface area contributed by atoms with Crippen molar-refractivity contribution in [3.05, 3.63) is 10.4 Å². The van der Waals surface area contributed by atoms with Crippen LogP contribution in [0.15, 0.2) is 5.11 Å². The smallest absolute Gasteiger partial charge is 0.408 e. The van der Waals surface area contributed by atoms with Gasteiger partial charge in [-0.25, -0.2) is 9.59 Å². The summed E-state index contributed by atoms with van der Waals surface area (Å²) < 4.78 is 15.2. The van der Waals surface area contributed by atoms with Crippen molar-refractivity contribution in [1.29, 1.82) is 0 Å². The highest BCUT2D eigenvalue weighted by Crippen LogP contribution is 2.16. The summed E-state index contributed by atoms with van der Waals surface area (Å²) in [7, 11) is 1.14. The molecular weight excluding hydrogens is 839 g/mol. The van der Waals surface area contributed by atoms with Gasteiger partial charge < -0.3 is 56.7 Å². The van der Waals surface area contributed by atoms with E-state index in [1.54, 1.807) is 20.8 Å². The maximum Gasteiger partial charge on any atom is 0.408 e. The van der Waals surface area contributed by atoms with E-state index in [4.69, 9.17) is 26.2 Å². The number of carbonyl (C=O) groups is 9. The third kappa shape index (κ3) is 19.1. The molecule has 0 saturated carbocycles. The largest absolute Gasteiger partial charge is 0.467 e. The molecule has 0 bridgehead atoms. The maximum atomic E-state index is 13.8. The number of methoxy groups -OCH3 is 1. The normalized spacial score (nSPS) is 13.2. The van der Waals surface area contributed by atoms with Gasteiger partial charge in [0, 0.05) is 11.5 Å². The fourth-order valence-corrected chi connectivity index (χ4v) is 5.03. The Morgan fingerprint density at radius 2 is 0.984 bits per heavy atom. The number of azide groups is 1. The topological polar surface area (TPSA) is 326 Å². The number of terminal acetylenes is 1. The third-order valence-electron chi connectivity index (χ3n) is 9.02. The van der Waals surface area contributed by atoms with E-state index < -0.39 is 111 Å². The Labute approximate surface area is 375 Å². The number of nitrogens with zero attached hydrogens (tertiary/aromatic N) is 3. The Kier molecular flexibility index (Phi) is 20.8. The van der Waals surface area contributed by atoms with Crippen LogP contribution in [0.5, 0.6) is 0 Å². The maximum absolute atomic E-state index is 13.8. The van der Waals surface area contributed by atoms with Gasteiger partial charge in [0.15, 0.2) is 0 Å². The second-order valence-electron chi connectivity index (χ2n) is 19.1. The predicted molar refractivity (Wildman–Crippen MR) is 233 cm³/mol. The van der Waals surface area contributed by atoms with Gasteiger partial charge in [0.05, 0.1) is 13.7 Å². The highest BCUT2D eigenvalue weighted by molar-refractivity contribution is 6.01. The van der Waals surface area contributed by atoms with Crippen LogP contribution in [0.25, 0.3) is 10.4 Å². The SMILES string of the molecule is C#CCOC[C@H](NC(=O)C(C)(C)NC(=O)C(C)(C)NC(=O)[C@H](CCCN=[N+]=[N-])NC(=O)C(C)(C)NC(=O)C(C)(C)NC(=O)C(C)(C)NC(=O)OC(C)(C)C)C(=O)NC(C)(C)C(=O)OC. The Morgan fingerprint density at radius 3 is 1.41 bits per heavy atom. The molecule has 0 saturated heterocycles. The lowest BCUT2D eigenvalue weighted by Gasteiger charge is -2.35. The Bertz CT molecular complexity index is 1850. The van der Waals surface area contributed by atoms with Crippen LogP contribution in [0, 0.1) is 12.3 Å². The van der Waals surface area contributed by atoms with E-state index >= 15 is 0 Å². The summed E-state index contributed by atoms with van der Waals surface area (Å²) in [5, 5.41) is 23.6. The first-order valence-electron chi connectivity index (χ1n) is 20.3. The van der Waals surface area contributed by atoms with Gasteiger partial charge in [-0.3, -0.25) is 33.6 Å². The van der Waals surface area contributed by atoms with Crippen molar-refractivity contribution < 1.29 is 57.4 Å². The molecule has 0 aromatic carbocycles. The van der Waals surface area contributed by atoms with E-state index in [0.29, 0.717) is 0 Å². The zero-order chi connectivity index (χ0) is 50.3. The summed E-state index contributed by atoms with van der Waals surface area (Å²) in [6, 6.07) is -2.74. The molecule has 64 heavy (non-hydrogen) atoms. The summed E-state index contributed by atoms with van der Waals surface area (Å²) in [6.07, 6.45) is 4.40. The molecule has 0 aromatic heterocycles. The van der Waals surface area contributed by atoms with Crippen molar-refractivity contribution in [2.24, 2.45) is 5.11 Å². The van der Waals surface area contributed by atoms with Crippen LogP contribution in [0.2, 0.25) is 0 Å². The number of alkyl carbamates (subject to hydrolysis) is 1. The van der Waals surface area contributed by atoms with Gasteiger partial charge in [-0.2, -0.15) is 0 Å². The van der Waals surface area contributed by atoms with Crippen molar-refractivity contribution in [3.8, 4) is 12.3 Å². The molecule has 0 radical (unpaired) electrons. The Balaban J connectivity index is 6.14. The summed E-state index contributed by atoms with van der Waals surface area (Å²) in [6.45, 7) is 20.6. The van der Waals surface area contributed by atoms with Crippen molar-refractivity contribution in [1.82, 2.24) is 42.5 Å². The molecular formula is C41H69N11O12. The van der Waals surface area contributed by atoms with Gasteiger partial charge in [0.1, 0.15) is 57.5 Å². The molecule has 0 fully saturated rings. The molecule has 23 nitrogen and oxygen atoms in total. The quantitative estimate of drug-likeness (QED) is 0.0175. The molecule has 0 rings (SSSR count). The lowest BCUT2D eigenvalue weighted by atomic mass is 9.96. The highest BCUT2D eigenvalue weighted by atomic mass is 16.6. The van der Waals surface area contributed by atoms with Crippen molar-refractivity contribution in [2.75, 3.05) is 26.9 Å². The van der Waals surface area contributed by atoms with Gasteiger partial charge in [-0.05, 0) is 122 Å². The molecule has 0 spiro atoms. The average Bonchev–Trinajstić information content (AvgIpc) is 3.12. The number of esters is 1. The molecule has 0 aliphatic rings. The molecule has 0 aliphatic carbocycles. The Morgan fingerprint density at radius 1 is 0.594 bits per heavy atom. The van der Waals surface area contributed by atoms with Crippen LogP contribution in [-0.4, -0.2) is 131 Å². The fourth-order valence-electron chi connectivity index (χ4n) is 5.03. The number of hydrogen-bond donors (Lipinski definition) is 8. The van der Waals surface area contributed by atoms with E-state index in [0.717, 1.165) is 7.11 Å². The molecule has 0 aliphatic heterocycles. The number of rotatable bonds is 23. The van der Waals surface area contributed by atoms with Gasteiger partial charge in [-0.15, -0.1) is 6.42 Å². The van der Waals surface area contributed by atoms with Crippen LogP contribution < -0.4 is 42.5 Å². The van der Waals surface area contributed by atoms with Crippen LogP contribution >= 0.6 is 0 Å². The van der Waals surface area contributed by atoms with Gasteiger partial charge in [0.25, 0.3) is 0 Å². The first-order valence-corrected chi connectivity index (χ1v) is 20.3. The molecule has 0 heterocycles. The summed E-state index contributed by atoms with van der Waals surface area (Å²) in [5.41, 5.74) is -1.93. The lowest BCUT2D eigenvalue weighted by Crippen LogP contribution is -2.67. The van der Waals surface area contributed by atoms with E-state index in [1.807, 2.05) is 0 Å². The monoisotopic (exact) mass is 908 g/mol. The first kappa shape index (κ1) is 57.9. The molecule has 360 valence electrons. The molecule has 8 amide bonds.